The van der Waals surface area contributed by atoms with Crippen molar-refractivity contribution in [1.29, 1.82) is 0 Å². The van der Waals surface area contributed by atoms with Crippen LogP contribution >= 0.6 is 22.6 Å². The minimum absolute atomic E-state index is 0.642. The number of halogens is 1. The Morgan fingerprint density at radius 1 is 1.16 bits per heavy atom. The van der Waals surface area contributed by atoms with Gasteiger partial charge in [0, 0.05) is 3.57 Å². The van der Waals surface area contributed by atoms with E-state index >= 15 is 0 Å². The van der Waals surface area contributed by atoms with Crippen LogP contribution in [-0.2, 0) is 0 Å². The molecule has 5 heteroatoms. The van der Waals surface area contributed by atoms with Crippen molar-refractivity contribution in [1.82, 2.24) is 9.97 Å². The maximum absolute atomic E-state index is 4.38. The maximum atomic E-state index is 4.38. The number of anilines is 1. The van der Waals surface area contributed by atoms with Gasteiger partial charge in [-0.1, -0.05) is 24.3 Å². The summed E-state index contributed by atoms with van der Waals surface area (Å²) in [6.45, 7) is 0. The zero-order chi connectivity index (χ0) is 13.1. The molecule has 1 aromatic heterocycles. The molecule has 0 bridgehead atoms. The summed E-state index contributed by atoms with van der Waals surface area (Å²) in [5.41, 5.74) is 5.87. The molecular formula is C14H11IN4. The molecule has 4 nitrogen and oxygen atoms in total. The number of hydrogen-bond acceptors (Lipinski definition) is 3. The van der Waals surface area contributed by atoms with Crippen LogP contribution in [0.1, 0.15) is 5.56 Å². The highest BCUT2D eigenvalue weighted by Crippen LogP contribution is 2.13. The van der Waals surface area contributed by atoms with Crippen LogP contribution in [0.15, 0.2) is 53.6 Å². The first-order chi connectivity index (χ1) is 9.31. The van der Waals surface area contributed by atoms with E-state index in [9.17, 15) is 0 Å². The molecule has 0 atom stereocenters. The summed E-state index contributed by atoms with van der Waals surface area (Å²) in [5.74, 6) is 0.642. The van der Waals surface area contributed by atoms with Gasteiger partial charge in [0.15, 0.2) is 0 Å². The topological polar surface area (TPSA) is 53.1 Å². The van der Waals surface area contributed by atoms with Crippen molar-refractivity contribution >= 4 is 45.8 Å². The zero-order valence-electron chi connectivity index (χ0n) is 9.97. The van der Waals surface area contributed by atoms with E-state index < -0.39 is 0 Å². The van der Waals surface area contributed by atoms with E-state index in [1.54, 1.807) is 6.21 Å². The van der Waals surface area contributed by atoms with E-state index in [0.29, 0.717) is 5.95 Å². The lowest BCUT2D eigenvalue weighted by molar-refractivity contribution is 1.21. The molecule has 0 fully saturated rings. The fraction of sp³-hybridized carbons (Fsp3) is 0. The SMILES string of the molecule is Ic1cccc(/C=N\Nc2nc3ccccc3[nH]2)c1. The Labute approximate surface area is 124 Å². The molecule has 0 aliphatic heterocycles. The van der Waals surface area contributed by atoms with Crippen molar-refractivity contribution in [3.63, 3.8) is 0 Å². The second-order valence-corrected chi connectivity index (χ2v) is 5.27. The van der Waals surface area contributed by atoms with Crippen LogP contribution in [0, 0.1) is 3.57 Å². The molecule has 19 heavy (non-hydrogen) atoms. The fourth-order valence-electron chi connectivity index (χ4n) is 1.76. The summed E-state index contributed by atoms with van der Waals surface area (Å²) in [6.07, 6.45) is 1.77. The first-order valence-corrected chi connectivity index (χ1v) is 6.88. The number of aromatic amines is 1. The number of hydrazone groups is 1. The lowest BCUT2D eigenvalue weighted by Gasteiger charge is -1.95. The average molecular weight is 362 g/mol. The van der Waals surface area contributed by atoms with E-state index in [4.69, 9.17) is 0 Å². The molecule has 0 radical (unpaired) electrons. The van der Waals surface area contributed by atoms with Crippen LogP contribution < -0.4 is 5.43 Å². The normalized spacial score (nSPS) is 11.2. The summed E-state index contributed by atoms with van der Waals surface area (Å²) in [7, 11) is 0. The van der Waals surface area contributed by atoms with E-state index in [1.165, 1.54) is 3.57 Å². The highest BCUT2D eigenvalue weighted by atomic mass is 127. The van der Waals surface area contributed by atoms with Crippen molar-refractivity contribution in [2.45, 2.75) is 0 Å². The van der Waals surface area contributed by atoms with Crippen molar-refractivity contribution in [3.8, 4) is 0 Å². The molecule has 2 N–H and O–H groups in total. The molecule has 0 saturated heterocycles. The molecule has 3 rings (SSSR count). The third kappa shape index (κ3) is 2.93. The predicted molar refractivity (Wildman–Crippen MR) is 86.5 cm³/mol. The lowest BCUT2D eigenvalue weighted by Crippen LogP contribution is -1.92. The van der Waals surface area contributed by atoms with E-state index in [0.717, 1.165) is 16.6 Å². The Bertz CT molecular complexity index is 700. The molecule has 0 amide bonds. The molecular weight excluding hydrogens is 351 g/mol. The molecule has 0 spiro atoms. The summed E-state index contributed by atoms with van der Waals surface area (Å²) in [5, 5.41) is 4.18. The number of nitrogens with zero attached hydrogens (tertiary/aromatic N) is 2. The summed E-state index contributed by atoms with van der Waals surface area (Å²) in [6, 6.07) is 16.0. The molecule has 0 unspecified atom stereocenters. The zero-order valence-corrected chi connectivity index (χ0v) is 12.1. The number of fused-ring (bicyclic) bond motifs is 1. The standard InChI is InChI=1S/C14H11IN4/c15-11-5-3-4-10(8-11)9-16-19-14-17-12-6-1-2-7-13(12)18-14/h1-9H,(H2,17,18,19)/b16-9-. The van der Waals surface area contributed by atoms with Gasteiger partial charge in [-0.15, -0.1) is 0 Å². The minimum Gasteiger partial charge on any atom is -0.323 e. The van der Waals surface area contributed by atoms with Gasteiger partial charge in [-0.05, 0) is 52.4 Å². The van der Waals surface area contributed by atoms with Gasteiger partial charge in [0.2, 0.25) is 5.95 Å². The quantitative estimate of drug-likeness (QED) is 0.425. The first kappa shape index (κ1) is 12.2. The maximum Gasteiger partial charge on any atom is 0.222 e. The largest absolute Gasteiger partial charge is 0.323 e. The number of H-pyrrole nitrogens is 1. The molecule has 0 aliphatic carbocycles. The Morgan fingerprint density at radius 3 is 2.89 bits per heavy atom. The van der Waals surface area contributed by atoms with Crippen LogP contribution in [0.3, 0.4) is 0 Å². The highest BCUT2D eigenvalue weighted by molar-refractivity contribution is 14.1. The average Bonchev–Trinajstić information content (AvgIpc) is 2.81. The monoisotopic (exact) mass is 362 g/mol. The fourth-order valence-corrected chi connectivity index (χ4v) is 2.33. The smallest absolute Gasteiger partial charge is 0.222 e. The second-order valence-electron chi connectivity index (χ2n) is 4.03. The highest BCUT2D eigenvalue weighted by Gasteiger charge is 1.99. The number of rotatable bonds is 3. The van der Waals surface area contributed by atoms with Gasteiger partial charge >= 0.3 is 0 Å². The van der Waals surface area contributed by atoms with Gasteiger partial charge in [0.05, 0.1) is 17.2 Å². The van der Waals surface area contributed by atoms with Crippen LogP contribution in [0.5, 0.6) is 0 Å². The predicted octanol–water partition coefficient (Wildman–Crippen LogP) is 3.61. The van der Waals surface area contributed by atoms with Crippen LogP contribution in [0.2, 0.25) is 0 Å². The molecule has 2 aromatic carbocycles. The van der Waals surface area contributed by atoms with Crippen LogP contribution in [0.25, 0.3) is 11.0 Å². The first-order valence-electron chi connectivity index (χ1n) is 5.81. The van der Waals surface area contributed by atoms with E-state index in [-0.39, 0.29) is 0 Å². The summed E-state index contributed by atoms with van der Waals surface area (Å²) in [4.78, 5) is 7.54. The van der Waals surface area contributed by atoms with Gasteiger partial charge < -0.3 is 4.98 Å². The van der Waals surface area contributed by atoms with Gasteiger partial charge in [0.1, 0.15) is 0 Å². The number of benzene rings is 2. The van der Waals surface area contributed by atoms with Crippen LogP contribution in [-0.4, -0.2) is 16.2 Å². The van der Waals surface area contributed by atoms with Gasteiger partial charge in [-0.25, -0.2) is 10.4 Å². The molecule has 0 saturated carbocycles. The molecule has 3 aromatic rings. The number of aromatic nitrogens is 2. The number of imidazole rings is 1. The number of nitrogens with one attached hydrogen (secondary N) is 2. The van der Waals surface area contributed by atoms with Crippen molar-refractivity contribution in [3.05, 3.63) is 57.7 Å². The number of hydrogen-bond donors (Lipinski definition) is 2. The Kier molecular flexibility index (Phi) is 3.45. The van der Waals surface area contributed by atoms with Gasteiger partial charge in [-0.3, -0.25) is 0 Å². The van der Waals surface area contributed by atoms with Crippen LogP contribution in [0.4, 0.5) is 5.95 Å². The third-order valence-corrected chi connectivity index (χ3v) is 3.29. The van der Waals surface area contributed by atoms with Crippen molar-refractivity contribution in [2.24, 2.45) is 5.10 Å². The Balaban J connectivity index is 1.75. The Morgan fingerprint density at radius 2 is 2.05 bits per heavy atom. The van der Waals surface area contributed by atoms with Gasteiger partial charge in [-0.2, -0.15) is 5.10 Å². The third-order valence-electron chi connectivity index (χ3n) is 2.62. The van der Waals surface area contributed by atoms with Crippen molar-refractivity contribution in [2.75, 3.05) is 5.43 Å². The van der Waals surface area contributed by atoms with Gasteiger partial charge in [0.25, 0.3) is 0 Å². The minimum atomic E-state index is 0.642. The number of para-hydroxylation sites is 2. The van der Waals surface area contributed by atoms with Crippen molar-refractivity contribution < 1.29 is 0 Å². The second kappa shape index (κ2) is 5.40. The van der Waals surface area contributed by atoms with E-state index in [2.05, 4.69) is 49.2 Å². The molecule has 94 valence electrons. The summed E-state index contributed by atoms with van der Waals surface area (Å²) >= 11 is 2.28. The summed E-state index contributed by atoms with van der Waals surface area (Å²) < 4.78 is 1.19. The molecule has 0 aliphatic rings. The lowest BCUT2D eigenvalue weighted by atomic mass is 10.2. The van der Waals surface area contributed by atoms with E-state index in [1.807, 2.05) is 42.5 Å². The Hall–Kier alpha value is -1.89. The molecule has 1 heterocycles.